The first-order chi connectivity index (χ1) is 12.0. The zero-order chi connectivity index (χ0) is 17.8. The SMILES string of the molecule is Cc1ccc(NC(=O)CSc2nnc(-c3ccccc3C)o2)c(Cl)c1. The lowest BCUT2D eigenvalue weighted by Gasteiger charge is -2.06. The van der Waals surface area contributed by atoms with E-state index in [4.69, 9.17) is 16.0 Å². The van der Waals surface area contributed by atoms with Gasteiger partial charge in [0.1, 0.15) is 0 Å². The summed E-state index contributed by atoms with van der Waals surface area (Å²) >= 11 is 7.30. The van der Waals surface area contributed by atoms with Gasteiger partial charge in [-0.2, -0.15) is 0 Å². The second-order valence-electron chi connectivity index (χ2n) is 5.51. The molecule has 25 heavy (non-hydrogen) atoms. The van der Waals surface area contributed by atoms with Gasteiger partial charge in [-0.25, -0.2) is 0 Å². The summed E-state index contributed by atoms with van der Waals surface area (Å²) in [6.07, 6.45) is 0. The molecule has 2 aromatic carbocycles. The van der Waals surface area contributed by atoms with Gasteiger partial charge in [-0.3, -0.25) is 4.79 Å². The highest BCUT2D eigenvalue weighted by atomic mass is 35.5. The summed E-state index contributed by atoms with van der Waals surface area (Å²) in [7, 11) is 0. The molecule has 3 rings (SSSR count). The highest BCUT2D eigenvalue weighted by Gasteiger charge is 2.13. The van der Waals surface area contributed by atoms with Gasteiger partial charge in [0.25, 0.3) is 5.22 Å². The van der Waals surface area contributed by atoms with E-state index in [0.29, 0.717) is 21.8 Å². The van der Waals surface area contributed by atoms with Crippen LogP contribution in [0, 0.1) is 13.8 Å². The number of rotatable bonds is 5. The molecule has 0 aliphatic carbocycles. The van der Waals surface area contributed by atoms with Crippen LogP contribution in [0.3, 0.4) is 0 Å². The fourth-order valence-corrected chi connectivity index (χ4v) is 3.07. The molecule has 0 fully saturated rings. The lowest BCUT2D eigenvalue weighted by Crippen LogP contribution is -2.14. The Morgan fingerprint density at radius 3 is 2.76 bits per heavy atom. The predicted molar refractivity (Wildman–Crippen MR) is 100 cm³/mol. The third-order valence-electron chi connectivity index (χ3n) is 3.51. The molecular weight excluding hydrogens is 358 g/mol. The van der Waals surface area contributed by atoms with Crippen LogP contribution in [0.15, 0.2) is 52.1 Å². The Morgan fingerprint density at radius 2 is 2.00 bits per heavy atom. The van der Waals surface area contributed by atoms with Crippen molar-refractivity contribution in [2.24, 2.45) is 0 Å². The topological polar surface area (TPSA) is 68.0 Å². The van der Waals surface area contributed by atoms with Crippen molar-refractivity contribution in [3.05, 3.63) is 58.6 Å². The highest BCUT2D eigenvalue weighted by molar-refractivity contribution is 7.99. The molecule has 1 amide bonds. The summed E-state index contributed by atoms with van der Waals surface area (Å²) in [5.74, 6) is 0.411. The van der Waals surface area contributed by atoms with Gasteiger partial charge in [0, 0.05) is 5.56 Å². The van der Waals surface area contributed by atoms with Crippen LogP contribution in [-0.4, -0.2) is 21.9 Å². The second kappa shape index (κ2) is 7.72. The van der Waals surface area contributed by atoms with Gasteiger partial charge in [0.05, 0.1) is 16.5 Å². The normalized spacial score (nSPS) is 10.7. The summed E-state index contributed by atoms with van der Waals surface area (Å²) < 4.78 is 5.63. The van der Waals surface area contributed by atoms with E-state index in [2.05, 4.69) is 15.5 Å². The quantitative estimate of drug-likeness (QED) is 0.654. The molecule has 0 spiro atoms. The summed E-state index contributed by atoms with van der Waals surface area (Å²) in [5.41, 5.74) is 3.56. The fraction of sp³-hybridized carbons (Fsp3) is 0.167. The van der Waals surface area contributed by atoms with Crippen molar-refractivity contribution >= 4 is 35.0 Å². The van der Waals surface area contributed by atoms with E-state index in [-0.39, 0.29) is 11.7 Å². The average Bonchev–Trinajstić information content (AvgIpc) is 3.05. The number of carbonyl (C=O) groups is 1. The van der Waals surface area contributed by atoms with Crippen LogP contribution in [0.25, 0.3) is 11.5 Å². The van der Waals surface area contributed by atoms with Crippen molar-refractivity contribution in [3.63, 3.8) is 0 Å². The van der Waals surface area contributed by atoms with Gasteiger partial charge in [-0.15, -0.1) is 10.2 Å². The number of aryl methyl sites for hydroxylation is 2. The average molecular weight is 374 g/mol. The minimum absolute atomic E-state index is 0.152. The van der Waals surface area contributed by atoms with E-state index in [1.807, 2.05) is 44.2 Å². The maximum absolute atomic E-state index is 12.1. The highest BCUT2D eigenvalue weighted by Crippen LogP contribution is 2.26. The number of hydrogen-bond donors (Lipinski definition) is 1. The van der Waals surface area contributed by atoms with Crippen LogP contribution < -0.4 is 5.32 Å². The van der Waals surface area contributed by atoms with E-state index in [9.17, 15) is 4.79 Å². The zero-order valence-corrected chi connectivity index (χ0v) is 15.3. The molecule has 5 nitrogen and oxygen atoms in total. The lowest BCUT2D eigenvalue weighted by molar-refractivity contribution is -0.113. The number of benzene rings is 2. The van der Waals surface area contributed by atoms with Gasteiger partial charge in [0.2, 0.25) is 11.8 Å². The molecule has 1 aromatic heterocycles. The first-order valence-electron chi connectivity index (χ1n) is 7.61. The van der Waals surface area contributed by atoms with Gasteiger partial charge in [0.15, 0.2) is 0 Å². The number of aromatic nitrogens is 2. The molecule has 0 bridgehead atoms. The Morgan fingerprint density at radius 1 is 1.20 bits per heavy atom. The number of amides is 1. The number of nitrogens with zero attached hydrogens (tertiary/aromatic N) is 2. The molecular formula is C18H16ClN3O2S. The molecule has 0 aliphatic rings. The van der Waals surface area contributed by atoms with Gasteiger partial charge in [-0.1, -0.05) is 47.6 Å². The molecule has 7 heteroatoms. The summed E-state index contributed by atoms with van der Waals surface area (Å²) in [4.78, 5) is 12.1. The first kappa shape index (κ1) is 17.5. The zero-order valence-electron chi connectivity index (χ0n) is 13.7. The summed E-state index contributed by atoms with van der Waals surface area (Å²) in [6, 6.07) is 13.2. The maximum Gasteiger partial charge on any atom is 0.277 e. The van der Waals surface area contributed by atoms with Crippen molar-refractivity contribution < 1.29 is 9.21 Å². The van der Waals surface area contributed by atoms with Crippen LogP contribution in [0.5, 0.6) is 0 Å². The summed E-state index contributed by atoms with van der Waals surface area (Å²) in [6.45, 7) is 3.92. The number of halogens is 1. The van der Waals surface area contributed by atoms with Gasteiger partial charge in [-0.05, 0) is 43.2 Å². The van der Waals surface area contributed by atoms with Crippen LogP contribution in [0.1, 0.15) is 11.1 Å². The van der Waals surface area contributed by atoms with Crippen molar-refractivity contribution in [1.29, 1.82) is 0 Å². The number of anilines is 1. The first-order valence-corrected chi connectivity index (χ1v) is 8.97. The standard InChI is InChI=1S/C18H16ClN3O2S/c1-11-7-8-15(14(19)9-11)20-16(23)10-25-18-22-21-17(24-18)13-6-4-3-5-12(13)2/h3-9H,10H2,1-2H3,(H,20,23). The fourth-order valence-electron chi connectivity index (χ4n) is 2.22. The third-order valence-corrected chi connectivity index (χ3v) is 4.64. The smallest absolute Gasteiger partial charge is 0.277 e. The van der Waals surface area contributed by atoms with E-state index in [1.54, 1.807) is 12.1 Å². The molecule has 0 radical (unpaired) electrons. The van der Waals surface area contributed by atoms with Gasteiger partial charge < -0.3 is 9.73 Å². The largest absolute Gasteiger partial charge is 0.411 e. The molecule has 0 saturated heterocycles. The Kier molecular flexibility index (Phi) is 5.40. The molecule has 128 valence electrons. The van der Waals surface area contributed by atoms with Crippen LogP contribution in [0.4, 0.5) is 5.69 Å². The Labute approximate surface area is 154 Å². The molecule has 3 aromatic rings. The summed E-state index contributed by atoms with van der Waals surface area (Å²) in [5, 5.41) is 11.7. The molecule has 0 saturated carbocycles. The monoisotopic (exact) mass is 373 g/mol. The number of thioether (sulfide) groups is 1. The molecule has 0 unspecified atom stereocenters. The van der Waals surface area contributed by atoms with Crippen molar-refractivity contribution in [1.82, 2.24) is 10.2 Å². The van der Waals surface area contributed by atoms with E-state index in [1.165, 1.54) is 11.8 Å². The maximum atomic E-state index is 12.1. The van der Waals surface area contributed by atoms with E-state index in [0.717, 1.165) is 16.7 Å². The molecule has 1 N–H and O–H groups in total. The molecule has 0 atom stereocenters. The molecule has 0 aliphatic heterocycles. The Bertz CT molecular complexity index is 911. The minimum Gasteiger partial charge on any atom is -0.411 e. The van der Waals surface area contributed by atoms with Crippen molar-refractivity contribution in [3.8, 4) is 11.5 Å². The number of carbonyl (C=O) groups excluding carboxylic acids is 1. The van der Waals surface area contributed by atoms with Crippen molar-refractivity contribution in [2.45, 2.75) is 19.1 Å². The van der Waals surface area contributed by atoms with Crippen LogP contribution >= 0.6 is 23.4 Å². The predicted octanol–water partition coefficient (Wildman–Crippen LogP) is 4.74. The number of nitrogens with one attached hydrogen (secondary N) is 1. The lowest BCUT2D eigenvalue weighted by atomic mass is 10.1. The number of hydrogen-bond acceptors (Lipinski definition) is 5. The van der Waals surface area contributed by atoms with Crippen molar-refractivity contribution in [2.75, 3.05) is 11.1 Å². The third kappa shape index (κ3) is 4.41. The van der Waals surface area contributed by atoms with E-state index < -0.39 is 0 Å². The second-order valence-corrected chi connectivity index (χ2v) is 6.84. The van der Waals surface area contributed by atoms with Crippen LogP contribution in [0.2, 0.25) is 5.02 Å². The molecule has 1 heterocycles. The Balaban J connectivity index is 1.60. The van der Waals surface area contributed by atoms with Gasteiger partial charge >= 0.3 is 0 Å². The Hall–Kier alpha value is -2.31. The van der Waals surface area contributed by atoms with Crippen LogP contribution in [-0.2, 0) is 4.79 Å². The minimum atomic E-state index is -0.189. The van der Waals surface area contributed by atoms with E-state index >= 15 is 0 Å².